The highest BCUT2D eigenvalue weighted by molar-refractivity contribution is 9.10. The molecule has 28 heavy (non-hydrogen) atoms. The van der Waals surface area contributed by atoms with Gasteiger partial charge >= 0.3 is 0 Å². The Morgan fingerprint density at radius 3 is 2.57 bits per heavy atom. The van der Waals surface area contributed by atoms with Gasteiger partial charge in [0.15, 0.2) is 0 Å². The molecule has 0 aliphatic carbocycles. The Balaban J connectivity index is 1.42. The van der Waals surface area contributed by atoms with E-state index in [-0.39, 0.29) is 17.1 Å². The first-order chi connectivity index (χ1) is 13.4. The summed E-state index contributed by atoms with van der Waals surface area (Å²) in [6.45, 7) is 4.10. The molecule has 0 bridgehead atoms. The molecule has 2 heterocycles. The molecule has 0 spiro atoms. The molecule has 1 aromatic heterocycles. The van der Waals surface area contributed by atoms with Crippen LogP contribution in [0, 0.1) is 5.92 Å². The van der Waals surface area contributed by atoms with Gasteiger partial charge in [-0.05, 0) is 49.9 Å². The topological polar surface area (TPSA) is 67.2 Å². The second-order valence-corrected chi connectivity index (χ2v) is 9.43. The Kier molecular flexibility index (Phi) is 7.18. The maximum absolute atomic E-state index is 12.7. The third-order valence-corrected chi connectivity index (χ3v) is 6.55. The van der Waals surface area contributed by atoms with Crippen LogP contribution in [0.2, 0.25) is 0 Å². The van der Waals surface area contributed by atoms with E-state index >= 15 is 0 Å². The normalized spacial score (nSPS) is 16.0. The SMILES string of the molecule is CC(Sc1ccc(Br)cc1)C(=O)N1CCC(CNC(=O)c2cnn(C)c2)CC1. The number of benzene rings is 1. The fourth-order valence-corrected chi connectivity index (χ4v) is 4.48. The van der Waals surface area contributed by atoms with Crippen LogP contribution in [0.5, 0.6) is 0 Å². The Bertz CT molecular complexity index is 816. The molecule has 0 saturated carbocycles. The van der Waals surface area contributed by atoms with Gasteiger partial charge in [-0.2, -0.15) is 5.10 Å². The van der Waals surface area contributed by atoms with E-state index < -0.39 is 0 Å². The molecule has 2 amide bonds. The number of halogens is 1. The zero-order valence-corrected chi connectivity index (χ0v) is 18.5. The average molecular weight is 465 g/mol. The second-order valence-electron chi connectivity index (χ2n) is 7.10. The van der Waals surface area contributed by atoms with Crippen LogP contribution in [-0.2, 0) is 11.8 Å². The Labute approximate surface area is 178 Å². The van der Waals surface area contributed by atoms with Gasteiger partial charge in [-0.15, -0.1) is 11.8 Å². The number of aryl methyl sites for hydroxylation is 1. The molecule has 0 radical (unpaired) electrons. The quantitative estimate of drug-likeness (QED) is 0.665. The molecule has 2 aromatic rings. The molecule has 1 unspecified atom stereocenters. The van der Waals surface area contributed by atoms with E-state index in [4.69, 9.17) is 0 Å². The van der Waals surface area contributed by atoms with Crippen LogP contribution in [0.25, 0.3) is 0 Å². The van der Waals surface area contributed by atoms with E-state index in [1.165, 1.54) is 0 Å². The minimum Gasteiger partial charge on any atom is -0.352 e. The van der Waals surface area contributed by atoms with Crippen molar-refractivity contribution in [3.63, 3.8) is 0 Å². The van der Waals surface area contributed by atoms with Crippen molar-refractivity contribution < 1.29 is 9.59 Å². The highest BCUT2D eigenvalue weighted by Crippen LogP contribution is 2.27. The molecule has 1 fully saturated rings. The lowest BCUT2D eigenvalue weighted by Gasteiger charge is -2.33. The van der Waals surface area contributed by atoms with Crippen molar-refractivity contribution in [1.29, 1.82) is 0 Å². The molecule has 1 atom stereocenters. The molecular weight excluding hydrogens is 440 g/mol. The number of aromatic nitrogens is 2. The number of thioether (sulfide) groups is 1. The van der Waals surface area contributed by atoms with E-state index in [0.29, 0.717) is 18.0 Å². The first kappa shape index (κ1) is 20.9. The zero-order chi connectivity index (χ0) is 20.1. The number of nitrogens with zero attached hydrogens (tertiary/aromatic N) is 3. The standard InChI is InChI=1S/C20H25BrN4O2S/c1-14(28-18-5-3-17(21)4-6-18)20(27)25-9-7-15(8-10-25)11-22-19(26)16-12-23-24(2)13-16/h3-6,12-15H,7-11H2,1-2H3,(H,22,26). The minimum absolute atomic E-state index is 0.0915. The minimum atomic E-state index is -0.108. The lowest BCUT2D eigenvalue weighted by atomic mass is 9.96. The summed E-state index contributed by atoms with van der Waals surface area (Å²) in [6.07, 6.45) is 5.10. The highest BCUT2D eigenvalue weighted by atomic mass is 79.9. The van der Waals surface area contributed by atoms with Gasteiger partial charge in [-0.1, -0.05) is 15.9 Å². The number of rotatable bonds is 6. The number of carbonyl (C=O) groups excluding carboxylic acids is 2. The average Bonchev–Trinajstić information content (AvgIpc) is 3.14. The van der Waals surface area contributed by atoms with Crippen LogP contribution >= 0.6 is 27.7 Å². The number of nitrogens with one attached hydrogen (secondary N) is 1. The Morgan fingerprint density at radius 1 is 1.29 bits per heavy atom. The smallest absolute Gasteiger partial charge is 0.254 e. The Hall–Kier alpha value is -1.80. The number of likely N-dealkylation sites (tertiary alicyclic amines) is 1. The van der Waals surface area contributed by atoms with Gasteiger partial charge in [0.1, 0.15) is 0 Å². The summed E-state index contributed by atoms with van der Waals surface area (Å²) in [5.74, 6) is 0.496. The first-order valence-corrected chi connectivity index (χ1v) is 11.1. The molecule has 8 heteroatoms. The van der Waals surface area contributed by atoms with Crippen LogP contribution < -0.4 is 5.32 Å². The van der Waals surface area contributed by atoms with Gasteiger partial charge in [0.25, 0.3) is 5.91 Å². The molecule has 6 nitrogen and oxygen atoms in total. The van der Waals surface area contributed by atoms with Gasteiger partial charge in [0.05, 0.1) is 17.0 Å². The second kappa shape index (κ2) is 9.60. The summed E-state index contributed by atoms with van der Waals surface area (Å²) in [5.41, 5.74) is 0.578. The molecule has 150 valence electrons. The van der Waals surface area contributed by atoms with Crippen molar-refractivity contribution in [2.24, 2.45) is 13.0 Å². The molecule has 1 aliphatic heterocycles. The van der Waals surface area contributed by atoms with Crippen molar-refractivity contribution in [3.8, 4) is 0 Å². The van der Waals surface area contributed by atoms with Crippen LogP contribution in [-0.4, -0.2) is 51.4 Å². The lowest BCUT2D eigenvalue weighted by molar-refractivity contribution is -0.131. The number of hydrogen-bond acceptors (Lipinski definition) is 4. The van der Waals surface area contributed by atoms with Crippen molar-refractivity contribution in [3.05, 3.63) is 46.7 Å². The summed E-state index contributed by atoms with van der Waals surface area (Å²) in [6, 6.07) is 8.03. The van der Waals surface area contributed by atoms with E-state index in [1.54, 1.807) is 35.9 Å². The molecule has 1 aromatic carbocycles. The summed E-state index contributed by atoms with van der Waals surface area (Å²) >= 11 is 5.02. The van der Waals surface area contributed by atoms with Crippen molar-refractivity contribution in [2.75, 3.05) is 19.6 Å². The van der Waals surface area contributed by atoms with Gasteiger partial charge in [-0.3, -0.25) is 14.3 Å². The molecule has 3 rings (SSSR count). The molecule has 1 N–H and O–H groups in total. The van der Waals surface area contributed by atoms with E-state index in [1.807, 2.05) is 36.1 Å². The lowest BCUT2D eigenvalue weighted by Crippen LogP contribution is -2.44. The van der Waals surface area contributed by atoms with Crippen LogP contribution in [0.4, 0.5) is 0 Å². The summed E-state index contributed by atoms with van der Waals surface area (Å²) in [4.78, 5) is 27.9. The monoisotopic (exact) mass is 464 g/mol. The zero-order valence-electron chi connectivity index (χ0n) is 16.1. The number of amides is 2. The van der Waals surface area contributed by atoms with Gasteiger partial charge in [0, 0.05) is 42.2 Å². The molecule has 1 aliphatic rings. The van der Waals surface area contributed by atoms with Gasteiger partial charge in [0.2, 0.25) is 5.91 Å². The summed E-state index contributed by atoms with van der Waals surface area (Å²) < 4.78 is 2.65. The van der Waals surface area contributed by atoms with Crippen molar-refractivity contribution in [1.82, 2.24) is 20.0 Å². The van der Waals surface area contributed by atoms with E-state index in [2.05, 4.69) is 26.3 Å². The third kappa shape index (κ3) is 5.61. The van der Waals surface area contributed by atoms with Crippen LogP contribution in [0.15, 0.2) is 46.0 Å². The van der Waals surface area contributed by atoms with E-state index in [9.17, 15) is 9.59 Å². The maximum atomic E-state index is 12.7. The molecular formula is C20H25BrN4O2S. The van der Waals surface area contributed by atoms with Crippen LogP contribution in [0.1, 0.15) is 30.1 Å². The highest BCUT2D eigenvalue weighted by Gasteiger charge is 2.26. The molecule has 1 saturated heterocycles. The number of hydrogen-bond donors (Lipinski definition) is 1. The summed E-state index contributed by atoms with van der Waals surface area (Å²) in [7, 11) is 1.79. The first-order valence-electron chi connectivity index (χ1n) is 9.40. The Morgan fingerprint density at radius 2 is 1.96 bits per heavy atom. The van der Waals surface area contributed by atoms with Crippen LogP contribution in [0.3, 0.4) is 0 Å². The van der Waals surface area contributed by atoms with Gasteiger partial charge in [-0.25, -0.2) is 0 Å². The largest absolute Gasteiger partial charge is 0.352 e. The summed E-state index contributed by atoms with van der Waals surface area (Å²) in [5, 5.41) is 6.89. The van der Waals surface area contributed by atoms with E-state index in [0.717, 1.165) is 35.3 Å². The fourth-order valence-electron chi connectivity index (χ4n) is 3.26. The van der Waals surface area contributed by atoms with Crippen molar-refractivity contribution >= 4 is 39.5 Å². The predicted molar refractivity (Wildman–Crippen MR) is 114 cm³/mol. The number of piperidine rings is 1. The third-order valence-electron chi connectivity index (χ3n) is 4.92. The maximum Gasteiger partial charge on any atom is 0.254 e. The predicted octanol–water partition coefficient (Wildman–Crippen LogP) is 3.33. The van der Waals surface area contributed by atoms with Crippen molar-refractivity contribution in [2.45, 2.75) is 29.9 Å². The van der Waals surface area contributed by atoms with Gasteiger partial charge < -0.3 is 10.2 Å². The number of carbonyl (C=O) groups is 2. The fraction of sp³-hybridized carbons (Fsp3) is 0.450.